The van der Waals surface area contributed by atoms with Gasteiger partial charge in [-0.2, -0.15) is 12.6 Å². The Morgan fingerprint density at radius 2 is 1.69 bits per heavy atom. The lowest BCUT2D eigenvalue weighted by atomic mass is 9.95. The van der Waals surface area contributed by atoms with Crippen LogP contribution in [0.2, 0.25) is 0 Å². The number of aromatic hydroxyl groups is 1. The average Bonchev–Trinajstić information content (AvgIpc) is 2.60. The number of benzene rings is 1. The number of carbonyl (C=O) groups is 3. The molecule has 0 saturated heterocycles. The lowest BCUT2D eigenvalue weighted by Gasteiger charge is -2.43. The topological polar surface area (TPSA) is 108 Å². The molecule has 0 aliphatic heterocycles. The van der Waals surface area contributed by atoms with Crippen molar-refractivity contribution in [2.24, 2.45) is 0 Å². The molecular formula is C23H37N3O5S. The fraction of sp³-hybridized carbons (Fsp3) is 0.609. The highest BCUT2D eigenvalue weighted by Gasteiger charge is 2.41. The van der Waals surface area contributed by atoms with Crippen molar-refractivity contribution in [2.45, 2.75) is 84.7 Å². The van der Waals surface area contributed by atoms with Crippen LogP contribution < -0.4 is 10.6 Å². The third-order valence-electron chi connectivity index (χ3n) is 4.26. The van der Waals surface area contributed by atoms with Gasteiger partial charge in [0.05, 0.1) is 0 Å². The number of nitrogens with zero attached hydrogens (tertiary/aromatic N) is 1. The molecule has 0 heterocycles. The number of phenols is 1. The number of carbonyl (C=O) groups excluding carboxylic acids is 3. The minimum absolute atomic E-state index is 0.00319. The molecule has 1 aromatic carbocycles. The third-order valence-corrected chi connectivity index (χ3v) is 4.62. The Hall–Kier alpha value is -2.42. The van der Waals surface area contributed by atoms with Crippen molar-refractivity contribution in [3.63, 3.8) is 0 Å². The van der Waals surface area contributed by atoms with E-state index in [1.165, 1.54) is 17.0 Å². The highest BCUT2D eigenvalue weighted by atomic mass is 32.1. The molecule has 0 aliphatic carbocycles. The van der Waals surface area contributed by atoms with Crippen molar-refractivity contribution in [1.82, 2.24) is 15.5 Å². The fourth-order valence-electron chi connectivity index (χ4n) is 3.12. The van der Waals surface area contributed by atoms with E-state index < -0.39 is 41.1 Å². The molecule has 1 aromatic rings. The van der Waals surface area contributed by atoms with Crippen LogP contribution in [0.15, 0.2) is 24.3 Å². The van der Waals surface area contributed by atoms with Gasteiger partial charge in [0.15, 0.2) is 0 Å². The lowest BCUT2D eigenvalue weighted by molar-refractivity contribution is -0.148. The maximum Gasteiger partial charge on any atom is 0.408 e. The van der Waals surface area contributed by atoms with Crippen LogP contribution in [0.3, 0.4) is 0 Å². The number of phenolic OH excluding ortho intramolecular Hbond substituents is 1. The molecule has 0 radical (unpaired) electrons. The van der Waals surface area contributed by atoms with Gasteiger partial charge in [0.25, 0.3) is 0 Å². The molecule has 0 aromatic heterocycles. The van der Waals surface area contributed by atoms with Crippen LogP contribution in [0.5, 0.6) is 5.75 Å². The Kier molecular flexibility index (Phi) is 9.44. The summed E-state index contributed by atoms with van der Waals surface area (Å²) >= 11 is 4.25. The zero-order chi connectivity index (χ0) is 24.9. The minimum Gasteiger partial charge on any atom is -0.508 e. The molecule has 1 rings (SSSR count). The number of rotatable bonds is 7. The molecule has 2 unspecified atom stereocenters. The first kappa shape index (κ1) is 27.6. The Morgan fingerprint density at radius 3 is 2.12 bits per heavy atom. The van der Waals surface area contributed by atoms with Crippen LogP contribution in [-0.4, -0.2) is 56.9 Å². The quantitative estimate of drug-likeness (QED) is 0.460. The monoisotopic (exact) mass is 467 g/mol. The predicted molar refractivity (Wildman–Crippen MR) is 128 cm³/mol. The summed E-state index contributed by atoms with van der Waals surface area (Å²) in [5.74, 6) is -0.915. The van der Waals surface area contributed by atoms with E-state index in [0.29, 0.717) is 5.56 Å². The highest BCUT2D eigenvalue weighted by molar-refractivity contribution is 7.80. The summed E-state index contributed by atoms with van der Waals surface area (Å²) in [6.45, 7) is 14.2. The number of alkyl carbamates (subject to hydrolysis) is 1. The second kappa shape index (κ2) is 10.9. The second-order valence-corrected chi connectivity index (χ2v) is 10.3. The normalized spacial score (nSPS) is 13.8. The Morgan fingerprint density at radius 1 is 1.09 bits per heavy atom. The van der Waals surface area contributed by atoms with E-state index in [4.69, 9.17) is 4.74 Å². The van der Waals surface area contributed by atoms with E-state index in [1.807, 2.05) is 13.8 Å². The van der Waals surface area contributed by atoms with Crippen molar-refractivity contribution in [3.8, 4) is 5.75 Å². The first-order chi connectivity index (χ1) is 14.6. The Bertz CT molecular complexity index is 815. The summed E-state index contributed by atoms with van der Waals surface area (Å²) in [4.78, 5) is 40.7. The van der Waals surface area contributed by atoms with Gasteiger partial charge >= 0.3 is 6.09 Å². The first-order valence-electron chi connectivity index (χ1n) is 10.6. The van der Waals surface area contributed by atoms with Crippen LogP contribution in [0, 0.1) is 0 Å². The van der Waals surface area contributed by atoms with Crippen LogP contribution in [-0.2, 0) is 14.3 Å². The number of nitrogens with one attached hydrogen (secondary N) is 2. The van der Waals surface area contributed by atoms with Gasteiger partial charge in [-0.25, -0.2) is 4.79 Å². The van der Waals surface area contributed by atoms with Crippen molar-refractivity contribution in [3.05, 3.63) is 29.8 Å². The number of thiol groups is 1. The van der Waals surface area contributed by atoms with Gasteiger partial charge in [0.1, 0.15) is 23.4 Å². The summed E-state index contributed by atoms with van der Waals surface area (Å²) in [6.07, 6.45) is -0.751. The van der Waals surface area contributed by atoms with Crippen LogP contribution >= 0.6 is 12.6 Å². The van der Waals surface area contributed by atoms with Gasteiger partial charge in [-0.1, -0.05) is 12.1 Å². The predicted octanol–water partition coefficient (Wildman–Crippen LogP) is 3.41. The fourth-order valence-corrected chi connectivity index (χ4v) is 3.37. The summed E-state index contributed by atoms with van der Waals surface area (Å²) in [5, 5.41) is 15.4. The van der Waals surface area contributed by atoms with Crippen LogP contribution in [0.25, 0.3) is 0 Å². The Balaban J connectivity index is 3.45. The molecule has 0 spiro atoms. The zero-order valence-electron chi connectivity index (χ0n) is 20.2. The second-order valence-electron chi connectivity index (χ2n) is 9.92. The molecular weight excluding hydrogens is 430 g/mol. The van der Waals surface area contributed by atoms with E-state index in [2.05, 4.69) is 23.3 Å². The summed E-state index contributed by atoms with van der Waals surface area (Å²) < 4.78 is 5.28. The molecule has 180 valence electrons. The molecule has 0 saturated carbocycles. The SMILES string of the molecule is CC(C)NC(=O)C(c1cccc(O)c1)N(C(=O)C(CS)NC(=O)OC(C)(C)C)C(C)(C)C. The molecule has 0 fully saturated rings. The number of hydrogen-bond acceptors (Lipinski definition) is 6. The number of ether oxygens (including phenoxy) is 1. The van der Waals surface area contributed by atoms with E-state index in [1.54, 1.807) is 53.7 Å². The minimum atomic E-state index is -1.04. The average molecular weight is 468 g/mol. The Labute approximate surface area is 196 Å². The lowest BCUT2D eigenvalue weighted by Crippen LogP contribution is -2.59. The van der Waals surface area contributed by atoms with Crippen LogP contribution in [0.4, 0.5) is 4.79 Å². The standard InChI is InChI=1S/C23H37N3O5S/c1-14(2)24-19(28)18(15-10-9-11-16(27)12-15)26(22(3,4)5)20(29)17(13-32)25-21(30)31-23(6,7)8/h9-12,14,17-18,27,32H,13H2,1-8H3,(H,24,28)(H,25,30). The summed E-state index contributed by atoms with van der Waals surface area (Å²) in [7, 11) is 0. The van der Waals surface area contributed by atoms with E-state index in [0.717, 1.165) is 0 Å². The van der Waals surface area contributed by atoms with E-state index in [-0.39, 0.29) is 17.5 Å². The first-order valence-corrected chi connectivity index (χ1v) is 11.2. The maximum absolute atomic E-state index is 13.7. The van der Waals surface area contributed by atoms with Gasteiger partial charge in [-0.05, 0) is 73.1 Å². The number of hydrogen-bond donors (Lipinski definition) is 4. The maximum atomic E-state index is 13.7. The molecule has 3 N–H and O–H groups in total. The highest BCUT2D eigenvalue weighted by Crippen LogP contribution is 2.31. The van der Waals surface area contributed by atoms with Crippen molar-refractivity contribution in [1.29, 1.82) is 0 Å². The molecule has 0 aliphatic rings. The third kappa shape index (κ3) is 8.26. The molecule has 0 bridgehead atoms. The van der Waals surface area contributed by atoms with Crippen LogP contribution in [0.1, 0.15) is 67.0 Å². The van der Waals surface area contributed by atoms with Gasteiger partial charge in [-0.3, -0.25) is 9.59 Å². The van der Waals surface area contributed by atoms with E-state index >= 15 is 0 Å². The van der Waals surface area contributed by atoms with Crippen molar-refractivity contribution < 1.29 is 24.2 Å². The largest absolute Gasteiger partial charge is 0.508 e. The molecule has 8 nitrogen and oxygen atoms in total. The summed E-state index contributed by atoms with van der Waals surface area (Å²) in [5.41, 5.74) is -1.10. The van der Waals surface area contributed by atoms with Gasteiger partial charge in [-0.15, -0.1) is 0 Å². The molecule has 2 atom stereocenters. The summed E-state index contributed by atoms with van der Waals surface area (Å²) in [6, 6.07) is 3.99. The van der Waals surface area contributed by atoms with Crippen molar-refractivity contribution >= 4 is 30.5 Å². The van der Waals surface area contributed by atoms with Gasteiger partial charge in [0.2, 0.25) is 11.8 Å². The van der Waals surface area contributed by atoms with E-state index in [9.17, 15) is 19.5 Å². The smallest absolute Gasteiger partial charge is 0.408 e. The number of amides is 3. The van der Waals surface area contributed by atoms with Crippen molar-refractivity contribution in [2.75, 3.05) is 5.75 Å². The molecule has 32 heavy (non-hydrogen) atoms. The molecule has 9 heteroatoms. The van der Waals surface area contributed by atoms with Gasteiger partial charge < -0.3 is 25.4 Å². The molecule has 3 amide bonds. The van der Waals surface area contributed by atoms with Gasteiger partial charge in [0, 0.05) is 17.3 Å². The zero-order valence-corrected chi connectivity index (χ0v) is 21.1.